The van der Waals surface area contributed by atoms with E-state index in [1.807, 2.05) is 35.2 Å². The molecule has 0 bridgehead atoms. The molecule has 0 saturated carbocycles. The Morgan fingerprint density at radius 1 is 1.45 bits per heavy atom. The summed E-state index contributed by atoms with van der Waals surface area (Å²) in [5, 5.41) is 0. The number of nitrogens with two attached hydrogens (primary N) is 1. The molecule has 0 spiro atoms. The predicted octanol–water partition coefficient (Wildman–Crippen LogP) is 1.79. The van der Waals surface area contributed by atoms with Crippen LogP contribution >= 0.6 is 12.4 Å². The Balaban J connectivity index is 0.00000200. The highest BCUT2D eigenvalue weighted by molar-refractivity contribution is 5.85. The second-order valence-corrected chi connectivity index (χ2v) is 4.88. The number of carbonyl (C=O) groups excluding carboxylic acids is 1. The fourth-order valence-electron chi connectivity index (χ4n) is 2.52. The van der Waals surface area contributed by atoms with Crippen molar-refractivity contribution in [2.45, 2.75) is 25.4 Å². The molecule has 1 aromatic rings. The van der Waals surface area contributed by atoms with Crippen molar-refractivity contribution in [2.24, 2.45) is 5.73 Å². The average Bonchev–Trinajstić information content (AvgIpc) is 2.49. The number of nitrogens with zero attached hydrogens (tertiary/aromatic N) is 1. The summed E-state index contributed by atoms with van der Waals surface area (Å²) in [5.74, 6) is 0.133. The first-order valence-electron chi connectivity index (χ1n) is 6.91. The number of rotatable bonds is 4. The number of hydrogen-bond acceptors (Lipinski definition) is 3. The van der Waals surface area contributed by atoms with E-state index in [-0.39, 0.29) is 30.3 Å². The van der Waals surface area contributed by atoms with Crippen LogP contribution in [0.1, 0.15) is 24.8 Å². The SMILES string of the molecule is CCC(C(=O)N1CCOC(CN)C1)c1ccccc1.Cl. The molecule has 2 unspecified atom stereocenters. The summed E-state index contributed by atoms with van der Waals surface area (Å²) in [5.41, 5.74) is 6.71. The standard InChI is InChI=1S/C15H22N2O2.ClH/c1-2-14(12-6-4-3-5-7-12)15(18)17-8-9-19-13(10-16)11-17;/h3-7,13-14H,2,8-11,16H2,1H3;1H. The lowest BCUT2D eigenvalue weighted by Crippen LogP contribution is -2.49. The second kappa shape index (κ2) is 8.25. The van der Waals surface area contributed by atoms with Crippen molar-refractivity contribution >= 4 is 18.3 Å². The van der Waals surface area contributed by atoms with Gasteiger partial charge in [0.1, 0.15) is 0 Å². The first kappa shape index (κ1) is 17.0. The zero-order valence-corrected chi connectivity index (χ0v) is 12.6. The van der Waals surface area contributed by atoms with Gasteiger partial charge in [0.15, 0.2) is 0 Å². The normalized spacial score (nSPS) is 20.1. The lowest BCUT2D eigenvalue weighted by atomic mass is 9.94. The Kier molecular flexibility index (Phi) is 6.99. The maximum absolute atomic E-state index is 12.6. The summed E-state index contributed by atoms with van der Waals surface area (Å²) >= 11 is 0. The molecule has 1 amide bonds. The van der Waals surface area contributed by atoms with E-state index in [2.05, 4.69) is 6.92 Å². The minimum atomic E-state index is -0.0577. The molecule has 2 atom stereocenters. The highest BCUT2D eigenvalue weighted by Crippen LogP contribution is 2.23. The van der Waals surface area contributed by atoms with Crippen molar-refractivity contribution in [2.75, 3.05) is 26.2 Å². The van der Waals surface area contributed by atoms with E-state index in [0.29, 0.717) is 26.2 Å². The smallest absolute Gasteiger partial charge is 0.230 e. The minimum absolute atomic E-state index is 0. The maximum Gasteiger partial charge on any atom is 0.230 e. The summed E-state index contributed by atoms with van der Waals surface area (Å²) in [6.45, 7) is 4.37. The molecule has 112 valence electrons. The lowest BCUT2D eigenvalue weighted by molar-refractivity contribution is -0.140. The van der Waals surface area contributed by atoms with Gasteiger partial charge in [-0.3, -0.25) is 4.79 Å². The second-order valence-electron chi connectivity index (χ2n) is 4.88. The molecular formula is C15H23ClN2O2. The fraction of sp³-hybridized carbons (Fsp3) is 0.533. The molecule has 20 heavy (non-hydrogen) atoms. The summed E-state index contributed by atoms with van der Waals surface area (Å²) in [6, 6.07) is 9.97. The first-order chi connectivity index (χ1) is 9.26. The predicted molar refractivity (Wildman–Crippen MR) is 82.1 cm³/mol. The van der Waals surface area contributed by atoms with Crippen LogP contribution in [0, 0.1) is 0 Å². The third kappa shape index (κ3) is 3.95. The van der Waals surface area contributed by atoms with E-state index >= 15 is 0 Å². The number of amides is 1. The zero-order valence-electron chi connectivity index (χ0n) is 11.8. The Morgan fingerprint density at radius 2 is 2.15 bits per heavy atom. The van der Waals surface area contributed by atoms with Crippen molar-refractivity contribution in [3.63, 3.8) is 0 Å². The monoisotopic (exact) mass is 298 g/mol. The average molecular weight is 299 g/mol. The van der Waals surface area contributed by atoms with Gasteiger partial charge in [0.05, 0.1) is 18.6 Å². The van der Waals surface area contributed by atoms with Crippen LogP contribution in [0.25, 0.3) is 0 Å². The van der Waals surface area contributed by atoms with Gasteiger partial charge in [-0.2, -0.15) is 0 Å². The molecule has 0 radical (unpaired) electrons. The highest BCUT2D eigenvalue weighted by atomic mass is 35.5. The molecule has 1 aliphatic rings. The van der Waals surface area contributed by atoms with Crippen LogP contribution in [0.5, 0.6) is 0 Å². The van der Waals surface area contributed by atoms with Gasteiger partial charge in [0.25, 0.3) is 0 Å². The number of benzene rings is 1. The van der Waals surface area contributed by atoms with Gasteiger partial charge in [-0.25, -0.2) is 0 Å². The van der Waals surface area contributed by atoms with E-state index in [1.54, 1.807) is 0 Å². The van der Waals surface area contributed by atoms with Gasteiger partial charge in [-0.1, -0.05) is 37.3 Å². The summed E-state index contributed by atoms with van der Waals surface area (Å²) in [7, 11) is 0. The van der Waals surface area contributed by atoms with Crippen molar-refractivity contribution < 1.29 is 9.53 Å². The fourth-order valence-corrected chi connectivity index (χ4v) is 2.52. The summed E-state index contributed by atoms with van der Waals surface area (Å²) in [4.78, 5) is 14.5. The Hall–Kier alpha value is -1.10. The molecular weight excluding hydrogens is 276 g/mol. The molecule has 1 aromatic carbocycles. The van der Waals surface area contributed by atoms with E-state index in [4.69, 9.17) is 10.5 Å². The van der Waals surface area contributed by atoms with E-state index in [1.165, 1.54) is 0 Å². The molecule has 2 rings (SSSR count). The Bertz CT molecular complexity index is 414. The van der Waals surface area contributed by atoms with Gasteiger partial charge in [-0.15, -0.1) is 12.4 Å². The quantitative estimate of drug-likeness (QED) is 0.922. The molecule has 2 N–H and O–H groups in total. The van der Waals surface area contributed by atoms with Crippen molar-refractivity contribution in [3.05, 3.63) is 35.9 Å². The maximum atomic E-state index is 12.6. The largest absolute Gasteiger partial charge is 0.373 e. The number of ether oxygens (including phenoxy) is 1. The Labute approximate surface area is 126 Å². The van der Waals surface area contributed by atoms with Crippen molar-refractivity contribution in [3.8, 4) is 0 Å². The van der Waals surface area contributed by atoms with Crippen molar-refractivity contribution in [1.29, 1.82) is 0 Å². The van der Waals surface area contributed by atoms with Gasteiger partial charge in [0, 0.05) is 19.6 Å². The Morgan fingerprint density at radius 3 is 2.75 bits per heavy atom. The molecule has 1 saturated heterocycles. The van der Waals surface area contributed by atoms with Crippen LogP contribution in [0.3, 0.4) is 0 Å². The van der Waals surface area contributed by atoms with Crippen LogP contribution in [-0.4, -0.2) is 43.2 Å². The van der Waals surface area contributed by atoms with Crippen LogP contribution in [0.4, 0.5) is 0 Å². The number of morpholine rings is 1. The van der Waals surface area contributed by atoms with Crippen LogP contribution in [-0.2, 0) is 9.53 Å². The first-order valence-corrected chi connectivity index (χ1v) is 6.91. The van der Waals surface area contributed by atoms with Crippen LogP contribution < -0.4 is 5.73 Å². The summed E-state index contributed by atoms with van der Waals surface area (Å²) < 4.78 is 5.51. The van der Waals surface area contributed by atoms with E-state index in [9.17, 15) is 4.79 Å². The van der Waals surface area contributed by atoms with E-state index in [0.717, 1.165) is 12.0 Å². The number of hydrogen-bond donors (Lipinski definition) is 1. The zero-order chi connectivity index (χ0) is 13.7. The topological polar surface area (TPSA) is 55.6 Å². The molecule has 1 heterocycles. The molecule has 5 heteroatoms. The molecule has 0 aliphatic carbocycles. The van der Waals surface area contributed by atoms with Gasteiger partial charge in [0.2, 0.25) is 5.91 Å². The molecule has 1 fully saturated rings. The van der Waals surface area contributed by atoms with Gasteiger partial charge >= 0.3 is 0 Å². The lowest BCUT2D eigenvalue weighted by Gasteiger charge is -2.34. The number of halogens is 1. The van der Waals surface area contributed by atoms with Crippen LogP contribution in [0.15, 0.2) is 30.3 Å². The van der Waals surface area contributed by atoms with Gasteiger partial charge in [-0.05, 0) is 12.0 Å². The van der Waals surface area contributed by atoms with Crippen molar-refractivity contribution in [1.82, 2.24) is 4.90 Å². The molecule has 1 aliphatic heterocycles. The number of carbonyl (C=O) groups is 1. The third-order valence-corrected chi connectivity index (χ3v) is 3.62. The third-order valence-electron chi connectivity index (χ3n) is 3.62. The molecule has 0 aromatic heterocycles. The summed E-state index contributed by atoms with van der Waals surface area (Å²) in [6.07, 6.45) is 0.791. The van der Waals surface area contributed by atoms with E-state index < -0.39 is 0 Å². The van der Waals surface area contributed by atoms with Gasteiger partial charge < -0.3 is 15.4 Å². The van der Waals surface area contributed by atoms with Crippen LogP contribution in [0.2, 0.25) is 0 Å². The highest BCUT2D eigenvalue weighted by Gasteiger charge is 2.28. The molecule has 4 nitrogen and oxygen atoms in total. The minimum Gasteiger partial charge on any atom is -0.373 e.